The third kappa shape index (κ3) is 3.57. The molecule has 0 saturated carbocycles. The van der Waals surface area contributed by atoms with E-state index in [4.69, 9.17) is 0 Å². The second-order valence-corrected chi connectivity index (χ2v) is 4.44. The molecule has 0 fully saturated rings. The summed E-state index contributed by atoms with van der Waals surface area (Å²) in [6, 6.07) is 6.32. The molecular weight excluding hydrogens is 288 g/mol. The van der Waals surface area contributed by atoms with E-state index in [0.29, 0.717) is 5.69 Å². The van der Waals surface area contributed by atoms with Crippen molar-refractivity contribution >= 4 is 17.5 Å². The molecule has 0 saturated heterocycles. The van der Waals surface area contributed by atoms with E-state index in [1.165, 1.54) is 29.2 Å². The van der Waals surface area contributed by atoms with Crippen molar-refractivity contribution in [2.75, 3.05) is 6.61 Å². The Kier molecular flexibility index (Phi) is 4.67. The number of nitrogens with zero attached hydrogens (tertiary/aromatic N) is 2. The number of carbonyl (C=O) groups excluding carboxylic acids is 3. The molecular formula is C15H14N2O5. The average molecular weight is 302 g/mol. The molecule has 0 atom stereocenters. The lowest BCUT2D eigenvalue weighted by Crippen LogP contribution is -2.20. The minimum atomic E-state index is -1.02. The van der Waals surface area contributed by atoms with Crippen LogP contribution in [-0.2, 0) is 14.3 Å². The number of aromatic nitrogens is 2. The van der Waals surface area contributed by atoms with Crippen molar-refractivity contribution in [2.45, 2.75) is 13.3 Å². The Morgan fingerprint density at radius 3 is 2.77 bits per heavy atom. The van der Waals surface area contributed by atoms with Crippen LogP contribution in [0.25, 0.3) is 5.69 Å². The molecule has 0 aliphatic rings. The molecule has 1 N–H and O–H groups in total. The van der Waals surface area contributed by atoms with Crippen molar-refractivity contribution in [1.82, 2.24) is 9.78 Å². The molecule has 0 aliphatic carbocycles. The number of Topliss-reactive ketones (excluding diaryl/α,β-unsaturated/α-hetero) is 2. The molecule has 1 aromatic heterocycles. The monoisotopic (exact) mass is 302 g/mol. The summed E-state index contributed by atoms with van der Waals surface area (Å²) in [6.07, 6.45) is 2.16. The van der Waals surface area contributed by atoms with Crippen LogP contribution in [-0.4, -0.2) is 39.0 Å². The smallest absolute Gasteiger partial charge is 0.375 e. The molecule has 0 radical (unpaired) electrons. The third-order valence-corrected chi connectivity index (χ3v) is 2.82. The molecule has 1 aromatic carbocycles. The predicted molar refractivity (Wildman–Crippen MR) is 75.8 cm³/mol. The molecule has 1 heterocycles. The van der Waals surface area contributed by atoms with Gasteiger partial charge < -0.3 is 9.84 Å². The molecule has 0 amide bonds. The maximum absolute atomic E-state index is 11.9. The van der Waals surface area contributed by atoms with E-state index in [2.05, 4.69) is 9.84 Å². The van der Waals surface area contributed by atoms with Crippen LogP contribution in [0, 0.1) is 0 Å². The van der Waals surface area contributed by atoms with E-state index >= 15 is 0 Å². The first-order valence-corrected chi connectivity index (χ1v) is 6.58. The van der Waals surface area contributed by atoms with Crippen molar-refractivity contribution in [2.24, 2.45) is 0 Å². The van der Waals surface area contributed by atoms with Crippen LogP contribution in [0.5, 0.6) is 5.75 Å². The number of hydrogen-bond donors (Lipinski definition) is 1. The zero-order valence-electron chi connectivity index (χ0n) is 11.9. The molecule has 7 nitrogen and oxygen atoms in total. The predicted octanol–water partition coefficient (Wildman–Crippen LogP) is 1.28. The fourth-order valence-corrected chi connectivity index (χ4v) is 1.78. The van der Waals surface area contributed by atoms with Gasteiger partial charge in [-0.3, -0.25) is 9.59 Å². The van der Waals surface area contributed by atoms with Gasteiger partial charge in [0.05, 0.1) is 30.5 Å². The van der Waals surface area contributed by atoms with Crippen LogP contribution < -0.4 is 0 Å². The van der Waals surface area contributed by atoms with E-state index in [-0.39, 0.29) is 17.9 Å². The van der Waals surface area contributed by atoms with Crippen LogP contribution >= 0.6 is 0 Å². The lowest BCUT2D eigenvalue weighted by molar-refractivity contribution is -0.153. The Hall–Kier alpha value is -2.96. The van der Waals surface area contributed by atoms with E-state index in [1.807, 2.05) is 0 Å². The average Bonchev–Trinajstić information content (AvgIpc) is 2.97. The van der Waals surface area contributed by atoms with Gasteiger partial charge in [0.2, 0.25) is 5.78 Å². The summed E-state index contributed by atoms with van der Waals surface area (Å²) < 4.78 is 5.93. The molecule has 7 heteroatoms. The van der Waals surface area contributed by atoms with Gasteiger partial charge in [-0.05, 0) is 19.1 Å². The molecule has 22 heavy (non-hydrogen) atoms. The Bertz CT molecular complexity index is 720. The second-order valence-electron chi connectivity index (χ2n) is 4.44. The van der Waals surface area contributed by atoms with E-state index < -0.39 is 24.0 Å². The number of benzene rings is 1. The van der Waals surface area contributed by atoms with Crippen LogP contribution in [0.1, 0.15) is 23.7 Å². The minimum Gasteiger partial charge on any atom is -0.508 e. The molecule has 0 unspecified atom stereocenters. The van der Waals surface area contributed by atoms with Crippen LogP contribution in [0.3, 0.4) is 0 Å². The summed E-state index contributed by atoms with van der Waals surface area (Å²) in [7, 11) is 0. The summed E-state index contributed by atoms with van der Waals surface area (Å²) in [5.41, 5.74) is 0.761. The van der Waals surface area contributed by atoms with Gasteiger partial charge in [0.1, 0.15) is 5.75 Å². The first kappa shape index (κ1) is 15.4. The van der Waals surface area contributed by atoms with Gasteiger partial charge in [0, 0.05) is 12.3 Å². The van der Waals surface area contributed by atoms with E-state index in [0.717, 1.165) is 0 Å². The van der Waals surface area contributed by atoms with Gasteiger partial charge in [-0.15, -0.1) is 0 Å². The number of phenolic OH excluding ortho intramolecular Hbond substituents is 1. The lowest BCUT2D eigenvalue weighted by Gasteiger charge is -2.01. The summed E-state index contributed by atoms with van der Waals surface area (Å²) >= 11 is 0. The number of hydrogen-bond acceptors (Lipinski definition) is 6. The van der Waals surface area contributed by atoms with Gasteiger partial charge in [-0.25, -0.2) is 9.48 Å². The van der Waals surface area contributed by atoms with Crippen molar-refractivity contribution in [3.63, 3.8) is 0 Å². The Balaban J connectivity index is 2.09. The van der Waals surface area contributed by atoms with Crippen molar-refractivity contribution in [3.8, 4) is 11.4 Å². The zero-order valence-corrected chi connectivity index (χ0v) is 11.9. The summed E-state index contributed by atoms with van der Waals surface area (Å²) in [4.78, 5) is 34.6. The highest BCUT2D eigenvalue weighted by Gasteiger charge is 2.21. The molecule has 0 aliphatic heterocycles. The normalized spacial score (nSPS) is 10.2. The SMILES string of the molecule is CCOC(=O)C(=O)CC(=O)c1cnn(-c2cccc(O)c2)c1. The highest BCUT2D eigenvalue weighted by molar-refractivity contribution is 6.38. The molecule has 0 bridgehead atoms. The Morgan fingerprint density at radius 2 is 2.09 bits per heavy atom. The zero-order chi connectivity index (χ0) is 16.1. The van der Waals surface area contributed by atoms with Crippen LogP contribution in [0.4, 0.5) is 0 Å². The number of rotatable bonds is 6. The Labute approximate surface area is 126 Å². The fraction of sp³-hybridized carbons (Fsp3) is 0.200. The largest absolute Gasteiger partial charge is 0.508 e. The van der Waals surface area contributed by atoms with E-state index in [9.17, 15) is 19.5 Å². The molecule has 0 spiro atoms. The van der Waals surface area contributed by atoms with Gasteiger partial charge in [0.15, 0.2) is 5.78 Å². The number of aromatic hydroxyl groups is 1. The summed E-state index contributed by atoms with van der Waals surface area (Å²) in [5, 5.41) is 13.4. The van der Waals surface area contributed by atoms with Gasteiger partial charge in [-0.2, -0.15) is 5.10 Å². The molecule has 2 rings (SSSR count). The summed E-state index contributed by atoms with van der Waals surface area (Å²) in [5.74, 6) is -2.36. The topological polar surface area (TPSA) is 98.5 Å². The van der Waals surface area contributed by atoms with Crippen LogP contribution in [0.15, 0.2) is 36.7 Å². The standard InChI is InChI=1S/C15H14N2O5/c1-2-22-15(21)14(20)7-13(19)10-8-16-17(9-10)11-4-3-5-12(18)6-11/h3-6,8-9,18H,2,7H2,1H3. The maximum Gasteiger partial charge on any atom is 0.375 e. The van der Waals surface area contributed by atoms with E-state index in [1.54, 1.807) is 19.1 Å². The molecule has 114 valence electrons. The minimum absolute atomic E-state index is 0.0679. The Morgan fingerprint density at radius 1 is 1.32 bits per heavy atom. The van der Waals surface area contributed by atoms with Crippen molar-refractivity contribution < 1.29 is 24.2 Å². The van der Waals surface area contributed by atoms with Gasteiger partial charge in [-0.1, -0.05) is 6.07 Å². The van der Waals surface area contributed by atoms with Gasteiger partial charge in [0.25, 0.3) is 0 Å². The highest BCUT2D eigenvalue weighted by atomic mass is 16.5. The first-order valence-electron chi connectivity index (χ1n) is 6.58. The van der Waals surface area contributed by atoms with Crippen LogP contribution in [0.2, 0.25) is 0 Å². The highest BCUT2D eigenvalue weighted by Crippen LogP contribution is 2.15. The van der Waals surface area contributed by atoms with Gasteiger partial charge >= 0.3 is 5.97 Å². The van der Waals surface area contributed by atoms with Crippen molar-refractivity contribution in [3.05, 3.63) is 42.2 Å². The molecule has 2 aromatic rings. The quantitative estimate of drug-likeness (QED) is 0.373. The second kappa shape index (κ2) is 6.66. The number of ketones is 2. The van der Waals surface area contributed by atoms with Crippen molar-refractivity contribution in [1.29, 1.82) is 0 Å². The number of phenols is 1. The summed E-state index contributed by atoms with van der Waals surface area (Å²) in [6.45, 7) is 1.65. The maximum atomic E-state index is 11.9. The number of carbonyl (C=O) groups is 3. The number of esters is 1. The third-order valence-electron chi connectivity index (χ3n) is 2.82. The fourth-order valence-electron chi connectivity index (χ4n) is 1.78. The lowest BCUT2D eigenvalue weighted by atomic mass is 10.1. The first-order chi connectivity index (χ1) is 10.5. The number of ether oxygens (including phenoxy) is 1.